The first-order valence-corrected chi connectivity index (χ1v) is 3.43. The van der Waals surface area contributed by atoms with E-state index in [1.807, 2.05) is 20.8 Å². The van der Waals surface area contributed by atoms with Crippen molar-refractivity contribution in [3.8, 4) is 0 Å². The lowest BCUT2D eigenvalue weighted by Gasteiger charge is -2.07. The second-order valence-corrected chi connectivity index (χ2v) is 2.33. The SMILES string of the molecule is C=C(CC)OONC(C)C. The maximum absolute atomic E-state index is 4.70. The minimum atomic E-state index is 0.254. The molecule has 0 aliphatic carbocycles. The van der Waals surface area contributed by atoms with Gasteiger partial charge in [-0.2, -0.15) is 5.48 Å². The van der Waals surface area contributed by atoms with Crippen LogP contribution in [-0.4, -0.2) is 6.04 Å². The van der Waals surface area contributed by atoms with Crippen LogP contribution < -0.4 is 5.48 Å². The predicted octanol–water partition coefficient (Wildman–Crippen LogP) is 1.77. The van der Waals surface area contributed by atoms with E-state index in [-0.39, 0.29) is 6.04 Å². The molecule has 0 radical (unpaired) electrons. The van der Waals surface area contributed by atoms with E-state index in [0.29, 0.717) is 5.76 Å². The molecule has 1 N–H and O–H groups in total. The summed E-state index contributed by atoms with van der Waals surface area (Å²) < 4.78 is 0. The van der Waals surface area contributed by atoms with Crippen molar-refractivity contribution in [2.24, 2.45) is 0 Å². The standard InChI is InChI=1S/C7H15NO2/c1-5-7(4)9-10-8-6(2)3/h6,8H,4-5H2,1-3H3. The maximum Gasteiger partial charge on any atom is 0.137 e. The first kappa shape index (κ1) is 9.46. The summed E-state index contributed by atoms with van der Waals surface area (Å²) in [7, 11) is 0. The Labute approximate surface area is 61.9 Å². The van der Waals surface area contributed by atoms with Crippen molar-refractivity contribution in [3.63, 3.8) is 0 Å². The lowest BCUT2D eigenvalue weighted by Crippen LogP contribution is -2.22. The van der Waals surface area contributed by atoms with Crippen LogP contribution in [0.2, 0.25) is 0 Å². The van der Waals surface area contributed by atoms with E-state index in [9.17, 15) is 0 Å². The van der Waals surface area contributed by atoms with Gasteiger partial charge in [0.05, 0.1) is 0 Å². The van der Waals surface area contributed by atoms with Gasteiger partial charge < -0.3 is 4.89 Å². The van der Waals surface area contributed by atoms with Gasteiger partial charge in [-0.05, 0) is 13.8 Å². The Kier molecular flexibility index (Phi) is 4.98. The van der Waals surface area contributed by atoms with Crippen molar-refractivity contribution in [1.82, 2.24) is 5.48 Å². The number of rotatable bonds is 5. The lowest BCUT2D eigenvalue weighted by atomic mass is 10.4. The molecule has 10 heavy (non-hydrogen) atoms. The molecule has 3 nitrogen and oxygen atoms in total. The first-order chi connectivity index (χ1) is 4.66. The van der Waals surface area contributed by atoms with E-state index in [2.05, 4.69) is 17.0 Å². The molecule has 0 spiro atoms. The summed E-state index contributed by atoms with van der Waals surface area (Å²) >= 11 is 0. The molecule has 0 aromatic carbocycles. The predicted molar refractivity (Wildman–Crippen MR) is 39.9 cm³/mol. The molecule has 0 aromatic heterocycles. The van der Waals surface area contributed by atoms with E-state index in [1.54, 1.807) is 0 Å². The van der Waals surface area contributed by atoms with E-state index in [1.165, 1.54) is 0 Å². The lowest BCUT2D eigenvalue weighted by molar-refractivity contribution is -0.313. The third-order valence-electron chi connectivity index (χ3n) is 0.838. The number of hydroxylamine groups is 1. The molecule has 0 amide bonds. The van der Waals surface area contributed by atoms with Crippen molar-refractivity contribution < 1.29 is 9.88 Å². The van der Waals surface area contributed by atoms with Gasteiger partial charge in [0.15, 0.2) is 0 Å². The van der Waals surface area contributed by atoms with E-state index in [0.717, 1.165) is 6.42 Å². The third-order valence-corrected chi connectivity index (χ3v) is 0.838. The topological polar surface area (TPSA) is 30.5 Å². The average Bonchev–Trinajstić information content (AvgIpc) is 1.87. The van der Waals surface area contributed by atoms with Crippen LogP contribution >= 0.6 is 0 Å². The van der Waals surface area contributed by atoms with Crippen molar-refractivity contribution in [1.29, 1.82) is 0 Å². The van der Waals surface area contributed by atoms with E-state index in [4.69, 9.17) is 4.89 Å². The minimum absolute atomic E-state index is 0.254. The molecule has 0 rings (SSSR count). The smallest absolute Gasteiger partial charge is 0.137 e. The zero-order valence-corrected chi connectivity index (χ0v) is 6.81. The van der Waals surface area contributed by atoms with Crippen LogP contribution in [0.1, 0.15) is 27.2 Å². The van der Waals surface area contributed by atoms with Gasteiger partial charge in [-0.3, -0.25) is 0 Å². The molecule has 60 valence electrons. The van der Waals surface area contributed by atoms with Gasteiger partial charge in [0.2, 0.25) is 0 Å². The normalized spacial score (nSPS) is 10.0. The minimum Gasteiger partial charge on any atom is -0.325 e. The Morgan fingerprint density at radius 3 is 2.60 bits per heavy atom. The van der Waals surface area contributed by atoms with Crippen molar-refractivity contribution in [3.05, 3.63) is 12.3 Å². The second-order valence-electron chi connectivity index (χ2n) is 2.33. The molecule has 0 unspecified atom stereocenters. The highest BCUT2D eigenvalue weighted by Gasteiger charge is 1.93. The van der Waals surface area contributed by atoms with Crippen LogP contribution in [0, 0.1) is 0 Å². The van der Waals surface area contributed by atoms with Gasteiger partial charge >= 0.3 is 0 Å². The summed E-state index contributed by atoms with van der Waals surface area (Å²) in [5.41, 5.74) is 2.63. The van der Waals surface area contributed by atoms with Gasteiger partial charge in [0.1, 0.15) is 5.76 Å². The molecule has 0 aliphatic heterocycles. The highest BCUT2D eigenvalue weighted by molar-refractivity contribution is 4.76. The fraction of sp³-hybridized carbons (Fsp3) is 0.714. The van der Waals surface area contributed by atoms with Gasteiger partial charge in [0.25, 0.3) is 0 Å². The Morgan fingerprint density at radius 1 is 1.60 bits per heavy atom. The van der Waals surface area contributed by atoms with Crippen molar-refractivity contribution in [2.75, 3.05) is 0 Å². The number of allylic oxidation sites excluding steroid dienone is 1. The van der Waals surface area contributed by atoms with Gasteiger partial charge in [0, 0.05) is 12.5 Å². The monoisotopic (exact) mass is 145 g/mol. The summed E-state index contributed by atoms with van der Waals surface area (Å²) in [6.07, 6.45) is 0.764. The van der Waals surface area contributed by atoms with Crippen LogP contribution in [0.3, 0.4) is 0 Å². The van der Waals surface area contributed by atoms with Gasteiger partial charge in [-0.25, -0.2) is 0 Å². The molecule has 3 heteroatoms. The largest absolute Gasteiger partial charge is 0.325 e. The van der Waals surface area contributed by atoms with Gasteiger partial charge in [-0.1, -0.05) is 18.5 Å². The molecule has 0 atom stereocenters. The van der Waals surface area contributed by atoms with Crippen LogP contribution in [0.4, 0.5) is 0 Å². The molecule has 0 aliphatic rings. The van der Waals surface area contributed by atoms with Crippen LogP contribution in [0.5, 0.6) is 0 Å². The Bertz CT molecular complexity index is 102. The van der Waals surface area contributed by atoms with E-state index < -0.39 is 0 Å². The molecular formula is C7H15NO2. The van der Waals surface area contributed by atoms with Gasteiger partial charge in [-0.15, -0.1) is 0 Å². The van der Waals surface area contributed by atoms with Crippen molar-refractivity contribution >= 4 is 0 Å². The van der Waals surface area contributed by atoms with Crippen LogP contribution in [0.25, 0.3) is 0 Å². The Balaban J connectivity index is 3.12. The molecule has 0 saturated carbocycles. The quantitative estimate of drug-likeness (QED) is 0.363. The zero-order valence-electron chi connectivity index (χ0n) is 6.81. The second kappa shape index (κ2) is 5.26. The molecule has 0 bridgehead atoms. The zero-order chi connectivity index (χ0) is 7.98. The summed E-state index contributed by atoms with van der Waals surface area (Å²) in [5, 5.41) is 0. The number of hydrogen-bond donors (Lipinski definition) is 1. The fourth-order valence-electron chi connectivity index (χ4n) is 0.238. The third kappa shape index (κ3) is 5.59. The number of nitrogens with one attached hydrogen (secondary N) is 1. The highest BCUT2D eigenvalue weighted by Crippen LogP contribution is 1.97. The molecular weight excluding hydrogens is 130 g/mol. The summed E-state index contributed by atoms with van der Waals surface area (Å²) in [6, 6.07) is 0.254. The van der Waals surface area contributed by atoms with E-state index >= 15 is 0 Å². The Morgan fingerprint density at radius 2 is 2.20 bits per heavy atom. The van der Waals surface area contributed by atoms with Crippen molar-refractivity contribution in [2.45, 2.75) is 33.2 Å². The maximum atomic E-state index is 4.70. The molecule has 0 heterocycles. The molecule has 0 saturated heterocycles. The molecule has 0 aromatic rings. The number of hydrogen-bond acceptors (Lipinski definition) is 3. The molecule has 0 fully saturated rings. The fourth-order valence-corrected chi connectivity index (χ4v) is 0.238. The average molecular weight is 145 g/mol. The first-order valence-electron chi connectivity index (χ1n) is 3.43. The van der Waals surface area contributed by atoms with Crippen LogP contribution in [0.15, 0.2) is 12.3 Å². The Hall–Kier alpha value is -0.540. The summed E-state index contributed by atoms with van der Waals surface area (Å²) in [5.74, 6) is 0.619. The van der Waals surface area contributed by atoms with Crippen LogP contribution in [-0.2, 0) is 9.88 Å². The summed E-state index contributed by atoms with van der Waals surface area (Å²) in [6.45, 7) is 9.44. The highest BCUT2D eigenvalue weighted by atomic mass is 17.3. The summed E-state index contributed by atoms with van der Waals surface area (Å²) in [4.78, 5) is 9.29.